The van der Waals surface area contributed by atoms with Crippen LogP contribution >= 0.6 is 27.7 Å². The Morgan fingerprint density at radius 1 is 1.39 bits per heavy atom. The number of pyridine rings is 1. The standard InChI is InChI=1S/C14H17BrN2S/c1-10(2)18-7-6-16-13-5-3-4-11-8-12(15)9-17-14(11)13/h3-5,8-10,16H,6-7H2,1-2H3. The van der Waals surface area contributed by atoms with Gasteiger partial charge in [-0.2, -0.15) is 11.8 Å². The Bertz CT molecular complexity index is 528. The van der Waals surface area contributed by atoms with Crippen molar-refractivity contribution in [3.05, 3.63) is 34.9 Å². The molecule has 0 fully saturated rings. The smallest absolute Gasteiger partial charge is 0.0934 e. The molecule has 2 aromatic rings. The van der Waals surface area contributed by atoms with Gasteiger partial charge in [-0.05, 0) is 33.3 Å². The van der Waals surface area contributed by atoms with Crippen LogP contribution in [0, 0.1) is 0 Å². The minimum Gasteiger partial charge on any atom is -0.382 e. The van der Waals surface area contributed by atoms with Crippen molar-refractivity contribution in [2.45, 2.75) is 19.1 Å². The molecule has 0 saturated heterocycles. The molecule has 2 nitrogen and oxygen atoms in total. The van der Waals surface area contributed by atoms with Crippen molar-refractivity contribution in [1.29, 1.82) is 0 Å². The molecule has 0 aliphatic carbocycles. The zero-order valence-corrected chi connectivity index (χ0v) is 13.0. The second-order valence-corrected chi connectivity index (χ2v) is 6.98. The van der Waals surface area contributed by atoms with Crippen LogP contribution in [0.1, 0.15) is 13.8 Å². The molecule has 0 atom stereocenters. The first-order chi connectivity index (χ1) is 8.66. The average molecular weight is 325 g/mol. The lowest BCUT2D eigenvalue weighted by atomic mass is 10.2. The number of aromatic nitrogens is 1. The molecule has 1 heterocycles. The number of rotatable bonds is 5. The van der Waals surface area contributed by atoms with Gasteiger partial charge in [0.2, 0.25) is 0 Å². The number of hydrogen-bond donors (Lipinski definition) is 1. The first-order valence-corrected chi connectivity index (χ1v) is 7.91. The van der Waals surface area contributed by atoms with Crippen LogP contribution in [0.4, 0.5) is 5.69 Å². The van der Waals surface area contributed by atoms with E-state index < -0.39 is 0 Å². The number of fused-ring (bicyclic) bond motifs is 1. The normalized spacial score (nSPS) is 11.1. The van der Waals surface area contributed by atoms with E-state index in [1.165, 1.54) is 0 Å². The summed E-state index contributed by atoms with van der Waals surface area (Å²) in [7, 11) is 0. The lowest BCUT2D eigenvalue weighted by molar-refractivity contribution is 1.10. The second-order valence-electron chi connectivity index (χ2n) is 4.38. The zero-order valence-electron chi connectivity index (χ0n) is 10.6. The van der Waals surface area contributed by atoms with Gasteiger partial charge in [-0.3, -0.25) is 4.98 Å². The summed E-state index contributed by atoms with van der Waals surface area (Å²) in [6.45, 7) is 5.42. The molecule has 0 radical (unpaired) electrons. The van der Waals surface area contributed by atoms with E-state index in [0.29, 0.717) is 5.25 Å². The van der Waals surface area contributed by atoms with Gasteiger partial charge >= 0.3 is 0 Å². The van der Waals surface area contributed by atoms with E-state index in [1.807, 2.05) is 18.0 Å². The van der Waals surface area contributed by atoms with Crippen LogP contribution in [0.15, 0.2) is 34.9 Å². The molecule has 0 aliphatic rings. The summed E-state index contributed by atoms with van der Waals surface area (Å²) in [6.07, 6.45) is 1.84. The predicted octanol–water partition coefficient (Wildman–Crippen LogP) is 4.55. The number of halogens is 1. The minimum atomic E-state index is 0.688. The van der Waals surface area contributed by atoms with Crippen LogP contribution in [0.5, 0.6) is 0 Å². The first kappa shape index (κ1) is 13.7. The molecule has 0 unspecified atom stereocenters. The first-order valence-electron chi connectivity index (χ1n) is 6.06. The van der Waals surface area contributed by atoms with Crippen molar-refractivity contribution in [3.63, 3.8) is 0 Å². The molecule has 0 bridgehead atoms. The molecule has 0 amide bonds. The van der Waals surface area contributed by atoms with E-state index in [-0.39, 0.29) is 0 Å². The lowest BCUT2D eigenvalue weighted by Gasteiger charge is -2.10. The van der Waals surface area contributed by atoms with E-state index in [0.717, 1.165) is 33.4 Å². The van der Waals surface area contributed by atoms with Crippen LogP contribution in [0.25, 0.3) is 10.9 Å². The molecule has 0 spiro atoms. The fourth-order valence-corrected chi connectivity index (χ4v) is 2.80. The molecule has 1 aromatic heterocycles. The molecule has 18 heavy (non-hydrogen) atoms. The van der Waals surface area contributed by atoms with Crippen molar-refractivity contribution in [1.82, 2.24) is 4.98 Å². The molecule has 1 N–H and O–H groups in total. The summed E-state index contributed by atoms with van der Waals surface area (Å²) in [6, 6.07) is 8.33. The molecule has 2 rings (SSSR count). The topological polar surface area (TPSA) is 24.9 Å². The van der Waals surface area contributed by atoms with E-state index in [9.17, 15) is 0 Å². The summed E-state index contributed by atoms with van der Waals surface area (Å²) in [5.74, 6) is 1.12. The van der Waals surface area contributed by atoms with E-state index in [1.54, 1.807) is 0 Å². The number of para-hydroxylation sites is 1. The number of benzene rings is 1. The molecule has 4 heteroatoms. The van der Waals surface area contributed by atoms with Crippen molar-refractivity contribution < 1.29 is 0 Å². The predicted molar refractivity (Wildman–Crippen MR) is 85.5 cm³/mol. The van der Waals surface area contributed by atoms with Crippen LogP contribution in [-0.2, 0) is 0 Å². The Kier molecular flexibility index (Phi) is 4.89. The number of nitrogens with zero attached hydrogens (tertiary/aromatic N) is 1. The highest BCUT2D eigenvalue weighted by atomic mass is 79.9. The maximum Gasteiger partial charge on any atom is 0.0934 e. The SMILES string of the molecule is CC(C)SCCNc1cccc2cc(Br)cnc12. The maximum absolute atomic E-state index is 4.48. The highest BCUT2D eigenvalue weighted by Crippen LogP contribution is 2.23. The fourth-order valence-electron chi connectivity index (χ4n) is 1.76. The van der Waals surface area contributed by atoms with Gasteiger partial charge < -0.3 is 5.32 Å². The monoisotopic (exact) mass is 324 g/mol. The Hall–Kier alpha value is -0.740. The number of thioether (sulfide) groups is 1. The number of nitrogens with one attached hydrogen (secondary N) is 1. The van der Waals surface area contributed by atoms with Gasteiger partial charge in [-0.1, -0.05) is 26.0 Å². The Morgan fingerprint density at radius 2 is 2.22 bits per heavy atom. The molecular formula is C14H17BrN2S. The molecular weight excluding hydrogens is 308 g/mol. The fraction of sp³-hybridized carbons (Fsp3) is 0.357. The van der Waals surface area contributed by atoms with Gasteiger partial charge in [0.1, 0.15) is 0 Å². The van der Waals surface area contributed by atoms with Crippen molar-refractivity contribution in [2.24, 2.45) is 0 Å². The van der Waals surface area contributed by atoms with Gasteiger partial charge in [-0.15, -0.1) is 0 Å². The van der Waals surface area contributed by atoms with Crippen molar-refractivity contribution >= 4 is 44.3 Å². The summed E-state index contributed by atoms with van der Waals surface area (Å²) in [5, 5.41) is 5.31. The number of hydrogen-bond acceptors (Lipinski definition) is 3. The lowest BCUT2D eigenvalue weighted by Crippen LogP contribution is -2.06. The van der Waals surface area contributed by atoms with Gasteiger partial charge in [-0.25, -0.2) is 0 Å². The van der Waals surface area contributed by atoms with Crippen LogP contribution in [0.3, 0.4) is 0 Å². The van der Waals surface area contributed by atoms with E-state index in [4.69, 9.17) is 0 Å². The van der Waals surface area contributed by atoms with Gasteiger partial charge in [0.15, 0.2) is 0 Å². The highest BCUT2D eigenvalue weighted by molar-refractivity contribution is 9.10. The van der Waals surface area contributed by atoms with Gasteiger partial charge in [0.25, 0.3) is 0 Å². The zero-order chi connectivity index (χ0) is 13.0. The van der Waals surface area contributed by atoms with E-state index >= 15 is 0 Å². The Morgan fingerprint density at radius 3 is 3.00 bits per heavy atom. The Balaban J connectivity index is 2.08. The summed E-state index contributed by atoms with van der Waals surface area (Å²) in [5.41, 5.74) is 2.15. The summed E-state index contributed by atoms with van der Waals surface area (Å²) >= 11 is 5.42. The van der Waals surface area contributed by atoms with E-state index in [2.05, 4.69) is 64.3 Å². The molecule has 0 saturated carbocycles. The van der Waals surface area contributed by atoms with Crippen LogP contribution in [0.2, 0.25) is 0 Å². The van der Waals surface area contributed by atoms with Gasteiger partial charge in [0.05, 0.1) is 11.2 Å². The number of anilines is 1. The molecule has 96 valence electrons. The molecule has 0 aliphatic heterocycles. The van der Waals surface area contributed by atoms with Crippen LogP contribution in [-0.4, -0.2) is 22.5 Å². The third kappa shape index (κ3) is 3.62. The maximum atomic E-state index is 4.48. The third-order valence-corrected chi connectivity index (χ3v) is 4.09. The third-order valence-electron chi connectivity index (χ3n) is 2.55. The quantitative estimate of drug-likeness (QED) is 0.816. The summed E-state index contributed by atoms with van der Waals surface area (Å²) in [4.78, 5) is 4.48. The second kappa shape index (κ2) is 6.43. The Labute approximate surface area is 121 Å². The average Bonchev–Trinajstić information content (AvgIpc) is 2.34. The minimum absolute atomic E-state index is 0.688. The molecule has 1 aromatic carbocycles. The largest absolute Gasteiger partial charge is 0.382 e. The summed E-state index contributed by atoms with van der Waals surface area (Å²) < 4.78 is 1.02. The van der Waals surface area contributed by atoms with Crippen molar-refractivity contribution in [2.75, 3.05) is 17.6 Å². The van der Waals surface area contributed by atoms with Gasteiger partial charge in [0, 0.05) is 28.4 Å². The van der Waals surface area contributed by atoms with Crippen LogP contribution < -0.4 is 5.32 Å². The van der Waals surface area contributed by atoms with Crippen molar-refractivity contribution in [3.8, 4) is 0 Å². The highest BCUT2D eigenvalue weighted by Gasteiger charge is 2.02.